The molecule has 1 N–H and O–H groups in total. The second kappa shape index (κ2) is 6.50. The van der Waals surface area contributed by atoms with Crippen molar-refractivity contribution in [3.8, 4) is 0 Å². The van der Waals surface area contributed by atoms with E-state index in [1.807, 2.05) is 0 Å². The highest BCUT2D eigenvalue weighted by molar-refractivity contribution is 6.35. The third-order valence-corrected chi connectivity index (χ3v) is 4.69. The molecule has 128 valence electrons. The lowest BCUT2D eigenvalue weighted by Gasteiger charge is -2.23. The molecule has 1 fully saturated rings. The molecule has 0 bridgehead atoms. The van der Waals surface area contributed by atoms with Gasteiger partial charge in [0, 0.05) is 21.2 Å². The predicted octanol–water partition coefficient (Wildman–Crippen LogP) is 3.64. The number of hydrogen-bond donors (Lipinski definition) is 1. The van der Waals surface area contributed by atoms with E-state index in [2.05, 4.69) is 5.32 Å². The van der Waals surface area contributed by atoms with E-state index in [1.165, 1.54) is 6.07 Å². The molecule has 1 atom stereocenters. The van der Waals surface area contributed by atoms with Gasteiger partial charge in [-0.1, -0.05) is 59.6 Å². The third-order valence-electron chi connectivity index (χ3n) is 4.14. The van der Waals surface area contributed by atoms with E-state index in [9.17, 15) is 14.4 Å². The second-order valence-corrected chi connectivity index (χ2v) is 6.70. The van der Waals surface area contributed by atoms with Gasteiger partial charge in [0.25, 0.3) is 5.91 Å². The van der Waals surface area contributed by atoms with Gasteiger partial charge in [-0.3, -0.25) is 14.5 Å². The Kier molecular flexibility index (Phi) is 4.54. The Morgan fingerprint density at radius 1 is 1.12 bits per heavy atom. The number of hydrogen-bond acceptors (Lipinski definition) is 3. The Hall–Kier alpha value is -2.37. The standard InChI is InChI=1S/C18H14Cl2N2O3/c1-18(13-8-7-12(19)9-14(13)20)16(24)22(17(25)21-18)10-15(23)11-5-3-2-4-6-11/h2-9H,10H2,1H3,(H,21,25)/t18-/m1/s1. The molecule has 0 aliphatic carbocycles. The van der Waals surface area contributed by atoms with E-state index in [4.69, 9.17) is 23.2 Å². The largest absolute Gasteiger partial charge is 0.325 e. The molecule has 0 radical (unpaired) electrons. The Bertz CT molecular complexity index is 870. The van der Waals surface area contributed by atoms with E-state index in [0.29, 0.717) is 16.1 Å². The number of nitrogens with zero attached hydrogens (tertiary/aromatic N) is 1. The van der Waals surface area contributed by atoms with Gasteiger partial charge in [0.05, 0.1) is 6.54 Å². The van der Waals surface area contributed by atoms with E-state index >= 15 is 0 Å². The number of amides is 3. The van der Waals surface area contributed by atoms with E-state index in [1.54, 1.807) is 49.4 Å². The van der Waals surface area contributed by atoms with Crippen molar-refractivity contribution in [2.45, 2.75) is 12.5 Å². The van der Waals surface area contributed by atoms with Gasteiger partial charge < -0.3 is 5.32 Å². The van der Waals surface area contributed by atoms with Crippen LogP contribution < -0.4 is 5.32 Å². The van der Waals surface area contributed by atoms with Crippen molar-refractivity contribution in [1.82, 2.24) is 10.2 Å². The van der Waals surface area contributed by atoms with Gasteiger partial charge in [-0.2, -0.15) is 0 Å². The summed E-state index contributed by atoms with van der Waals surface area (Å²) < 4.78 is 0. The number of benzene rings is 2. The summed E-state index contributed by atoms with van der Waals surface area (Å²) in [6.07, 6.45) is 0. The zero-order chi connectivity index (χ0) is 18.2. The lowest BCUT2D eigenvalue weighted by atomic mass is 9.92. The SMILES string of the molecule is C[C@]1(c2ccc(Cl)cc2Cl)NC(=O)N(CC(=O)c2ccccc2)C1=O. The van der Waals surface area contributed by atoms with Crippen molar-refractivity contribution >= 4 is 40.9 Å². The fraction of sp³-hybridized carbons (Fsp3) is 0.167. The maximum Gasteiger partial charge on any atom is 0.325 e. The molecule has 2 aromatic carbocycles. The van der Waals surface area contributed by atoms with Crippen LogP contribution in [0, 0.1) is 0 Å². The minimum absolute atomic E-state index is 0.264. The van der Waals surface area contributed by atoms with Crippen LogP contribution in [0.2, 0.25) is 10.0 Å². The summed E-state index contributed by atoms with van der Waals surface area (Å²) in [5, 5.41) is 3.31. The summed E-state index contributed by atoms with van der Waals surface area (Å²) in [5.41, 5.74) is -0.497. The van der Waals surface area contributed by atoms with E-state index in [0.717, 1.165) is 4.90 Å². The molecular weight excluding hydrogens is 363 g/mol. The lowest BCUT2D eigenvalue weighted by Crippen LogP contribution is -2.41. The molecule has 0 saturated carbocycles. The predicted molar refractivity (Wildman–Crippen MR) is 94.8 cm³/mol. The molecule has 3 amide bonds. The van der Waals surface area contributed by atoms with Crippen LogP contribution in [0.25, 0.3) is 0 Å². The van der Waals surface area contributed by atoms with Crippen molar-refractivity contribution in [3.05, 3.63) is 69.7 Å². The summed E-state index contributed by atoms with van der Waals surface area (Å²) in [6, 6.07) is 12.5. The number of urea groups is 1. The lowest BCUT2D eigenvalue weighted by molar-refractivity contribution is -0.130. The third kappa shape index (κ3) is 3.13. The second-order valence-electron chi connectivity index (χ2n) is 5.86. The first kappa shape index (κ1) is 17.5. The number of halogens is 2. The molecule has 2 aromatic rings. The minimum atomic E-state index is -1.35. The number of ketones is 1. The fourth-order valence-corrected chi connectivity index (χ4v) is 3.37. The fourth-order valence-electron chi connectivity index (χ4n) is 2.78. The van der Waals surface area contributed by atoms with Crippen LogP contribution in [-0.2, 0) is 10.3 Å². The van der Waals surface area contributed by atoms with Crippen LogP contribution in [0.5, 0.6) is 0 Å². The highest BCUT2D eigenvalue weighted by Gasteiger charge is 2.50. The van der Waals surface area contributed by atoms with Crippen molar-refractivity contribution in [2.75, 3.05) is 6.54 Å². The molecule has 5 nitrogen and oxygen atoms in total. The normalized spacial score (nSPS) is 19.9. The Balaban J connectivity index is 1.88. The van der Waals surface area contributed by atoms with Crippen molar-refractivity contribution in [2.24, 2.45) is 0 Å². The molecule has 1 aliphatic rings. The topological polar surface area (TPSA) is 66.5 Å². The van der Waals surface area contributed by atoms with Crippen molar-refractivity contribution in [3.63, 3.8) is 0 Å². The summed E-state index contributed by atoms with van der Waals surface area (Å²) in [4.78, 5) is 38.4. The molecular formula is C18H14Cl2N2O3. The van der Waals surface area contributed by atoms with E-state index < -0.39 is 17.5 Å². The quantitative estimate of drug-likeness (QED) is 0.654. The monoisotopic (exact) mass is 376 g/mol. The first-order valence-corrected chi connectivity index (χ1v) is 8.26. The van der Waals surface area contributed by atoms with Gasteiger partial charge >= 0.3 is 6.03 Å². The molecule has 1 saturated heterocycles. The summed E-state index contributed by atoms with van der Waals surface area (Å²) >= 11 is 12.1. The van der Waals surface area contributed by atoms with Gasteiger partial charge in [0.15, 0.2) is 5.78 Å². The van der Waals surface area contributed by atoms with Gasteiger partial charge in [-0.15, -0.1) is 0 Å². The van der Waals surface area contributed by atoms with Crippen molar-refractivity contribution in [1.29, 1.82) is 0 Å². The Morgan fingerprint density at radius 2 is 1.80 bits per heavy atom. The zero-order valence-corrected chi connectivity index (χ0v) is 14.8. The number of rotatable bonds is 4. The summed E-state index contributed by atoms with van der Waals surface area (Å²) in [7, 11) is 0. The zero-order valence-electron chi connectivity index (χ0n) is 13.3. The smallest absolute Gasteiger partial charge is 0.319 e. The minimum Gasteiger partial charge on any atom is -0.319 e. The number of imide groups is 1. The molecule has 0 unspecified atom stereocenters. The Labute approximate surface area is 154 Å². The van der Waals surface area contributed by atoms with Crippen LogP contribution in [0.3, 0.4) is 0 Å². The first-order chi connectivity index (χ1) is 11.8. The molecule has 1 heterocycles. The van der Waals surface area contributed by atoms with Crippen molar-refractivity contribution < 1.29 is 14.4 Å². The van der Waals surface area contributed by atoms with Gasteiger partial charge in [-0.05, 0) is 19.1 Å². The maximum absolute atomic E-state index is 12.8. The first-order valence-electron chi connectivity index (χ1n) is 7.51. The highest BCUT2D eigenvalue weighted by atomic mass is 35.5. The van der Waals surface area contributed by atoms with Gasteiger partial charge in [0.1, 0.15) is 5.54 Å². The molecule has 7 heteroatoms. The average molecular weight is 377 g/mol. The van der Waals surface area contributed by atoms with Crippen LogP contribution in [-0.4, -0.2) is 29.2 Å². The summed E-state index contributed by atoms with van der Waals surface area (Å²) in [5.74, 6) is -0.860. The average Bonchev–Trinajstić information content (AvgIpc) is 2.79. The van der Waals surface area contributed by atoms with Crippen LogP contribution in [0.15, 0.2) is 48.5 Å². The highest BCUT2D eigenvalue weighted by Crippen LogP contribution is 2.35. The van der Waals surface area contributed by atoms with Crippen LogP contribution in [0.1, 0.15) is 22.8 Å². The van der Waals surface area contributed by atoms with Crippen LogP contribution in [0.4, 0.5) is 4.79 Å². The number of Topliss-reactive ketones (excluding diaryl/α,β-unsaturated/α-hetero) is 1. The maximum atomic E-state index is 12.8. The Morgan fingerprint density at radius 3 is 2.44 bits per heavy atom. The number of nitrogens with one attached hydrogen (secondary N) is 1. The number of carbonyl (C=O) groups is 3. The van der Waals surface area contributed by atoms with E-state index in [-0.39, 0.29) is 17.4 Å². The van der Waals surface area contributed by atoms with Gasteiger partial charge in [0.2, 0.25) is 0 Å². The molecule has 25 heavy (non-hydrogen) atoms. The molecule has 0 aromatic heterocycles. The van der Waals surface area contributed by atoms with Crippen LogP contribution >= 0.6 is 23.2 Å². The summed E-state index contributed by atoms with van der Waals surface area (Å²) in [6.45, 7) is 1.21. The number of carbonyl (C=O) groups excluding carboxylic acids is 3. The molecule has 3 rings (SSSR count). The van der Waals surface area contributed by atoms with Gasteiger partial charge in [-0.25, -0.2) is 4.79 Å². The molecule has 0 spiro atoms. The molecule has 1 aliphatic heterocycles.